The van der Waals surface area contributed by atoms with E-state index in [0.717, 1.165) is 0 Å². The summed E-state index contributed by atoms with van der Waals surface area (Å²) in [7, 11) is 0. The minimum absolute atomic E-state index is 0.177. The minimum Gasteiger partial charge on any atom is -0.481 e. The predicted octanol–water partition coefficient (Wildman–Crippen LogP) is 0.728. The Morgan fingerprint density at radius 1 is 1.29 bits per heavy atom. The maximum absolute atomic E-state index is 11.3. The zero-order valence-corrected chi connectivity index (χ0v) is 8.71. The summed E-state index contributed by atoms with van der Waals surface area (Å²) in [5.41, 5.74) is 1.02. The molecule has 0 atom stereocenters. The number of carbonyl (C=O) groups is 2. The average Bonchev–Trinajstić information content (AvgIpc) is 2.75. The van der Waals surface area contributed by atoms with Crippen LogP contribution >= 0.6 is 0 Å². The number of carboxylic acid groups (broad SMARTS) is 1. The lowest BCUT2D eigenvalue weighted by Gasteiger charge is -2.02. The number of hydrogen-bond acceptors (Lipinski definition) is 5. The quantitative estimate of drug-likeness (QED) is 0.597. The average molecular weight is 235 g/mol. The molecule has 0 radical (unpaired) electrons. The van der Waals surface area contributed by atoms with Crippen LogP contribution in [0.5, 0.6) is 5.75 Å². The molecule has 0 aliphatic heterocycles. The highest BCUT2D eigenvalue weighted by Crippen LogP contribution is 2.21. The number of carbonyl (C=O) groups excluding carboxylic acids is 1. The molecule has 2 rings (SSSR count). The molecule has 7 nitrogen and oxygen atoms in total. The summed E-state index contributed by atoms with van der Waals surface area (Å²) >= 11 is 0. The summed E-state index contributed by atoms with van der Waals surface area (Å²) in [5, 5.41) is 18.5. The Labute approximate surface area is 95.4 Å². The number of aromatic nitrogens is 3. The first kappa shape index (κ1) is 11.1. The highest BCUT2D eigenvalue weighted by atomic mass is 16.5. The number of para-hydroxylation sites is 1. The van der Waals surface area contributed by atoms with E-state index in [1.54, 1.807) is 18.2 Å². The molecular formula is C10H9N3O4. The molecule has 88 valence electrons. The molecule has 2 N–H and O–H groups in total. The molecule has 2 aromatic rings. The molecule has 7 heteroatoms. The van der Waals surface area contributed by atoms with E-state index in [-0.39, 0.29) is 18.6 Å². The first-order chi connectivity index (χ1) is 8.16. The fourth-order valence-electron chi connectivity index (χ4n) is 1.31. The highest BCUT2D eigenvalue weighted by molar-refractivity contribution is 5.85. The second-order valence-corrected chi connectivity index (χ2v) is 3.32. The van der Waals surface area contributed by atoms with Crippen LogP contribution in [-0.2, 0) is 9.59 Å². The molecular weight excluding hydrogens is 226 g/mol. The smallest absolute Gasteiger partial charge is 0.311 e. The zero-order chi connectivity index (χ0) is 12.3. The van der Waals surface area contributed by atoms with Gasteiger partial charge in [0.25, 0.3) is 0 Å². The SMILES string of the molecule is O=C(O)CCC(=O)Oc1cccc2n[nH]nc12. The number of aromatic amines is 1. The summed E-state index contributed by atoms with van der Waals surface area (Å²) in [6, 6.07) is 4.96. The second kappa shape index (κ2) is 4.60. The third-order valence-corrected chi connectivity index (χ3v) is 2.08. The van der Waals surface area contributed by atoms with E-state index in [1.807, 2.05) is 0 Å². The van der Waals surface area contributed by atoms with E-state index < -0.39 is 11.9 Å². The topological polar surface area (TPSA) is 105 Å². The van der Waals surface area contributed by atoms with Crippen molar-refractivity contribution in [3.8, 4) is 5.75 Å². The first-order valence-corrected chi connectivity index (χ1v) is 4.89. The maximum atomic E-state index is 11.3. The Morgan fingerprint density at radius 3 is 2.88 bits per heavy atom. The van der Waals surface area contributed by atoms with Crippen molar-refractivity contribution in [2.45, 2.75) is 12.8 Å². The third-order valence-electron chi connectivity index (χ3n) is 2.08. The number of aliphatic carboxylic acids is 1. The van der Waals surface area contributed by atoms with Crippen LogP contribution in [0, 0.1) is 0 Å². The summed E-state index contributed by atoms with van der Waals surface area (Å²) < 4.78 is 5.01. The number of hydrogen-bond donors (Lipinski definition) is 2. The normalized spacial score (nSPS) is 10.4. The third kappa shape index (κ3) is 2.57. The molecule has 0 amide bonds. The maximum Gasteiger partial charge on any atom is 0.311 e. The Morgan fingerprint density at radius 2 is 2.12 bits per heavy atom. The van der Waals surface area contributed by atoms with Gasteiger partial charge in [-0.1, -0.05) is 6.07 Å². The van der Waals surface area contributed by atoms with Gasteiger partial charge in [0, 0.05) is 0 Å². The molecule has 0 saturated heterocycles. The van der Waals surface area contributed by atoms with E-state index in [2.05, 4.69) is 15.4 Å². The van der Waals surface area contributed by atoms with E-state index in [0.29, 0.717) is 11.0 Å². The number of nitrogens with zero attached hydrogens (tertiary/aromatic N) is 2. The van der Waals surface area contributed by atoms with Crippen LogP contribution in [0.15, 0.2) is 18.2 Å². The number of H-pyrrole nitrogens is 1. The van der Waals surface area contributed by atoms with Gasteiger partial charge in [-0.25, -0.2) is 0 Å². The number of nitrogens with one attached hydrogen (secondary N) is 1. The van der Waals surface area contributed by atoms with Crippen molar-refractivity contribution in [2.24, 2.45) is 0 Å². The van der Waals surface area contributed by atoms with Crippen molar-refractivity contribution in [1.29, 1.82) is 0 Å². The van der Waals surface area contributed by atoms with Gasteiger partial charge in [0.15, 0.2) is 11.3 Å². The van der Waals surface area contributed by atoms with Crippen molar-refractivity contribution in [3.05, 3.63) is 18.2 Å². The fourth-order valence-corrected chi connectivity index (χ4v) is 1.31. The Hall–Kier alpha value is -2.44. The van der Waals surface area contributed by atoms with E-state index in [1.165, 1.54) is 0 Å². The standard InChI is InChI=1S/C10H9N3O4/c14-8(15)4-5-9(16)17-7-3-1-2-6-10(7)12-13-11-6/h1-3H,4-5H2,(H,14,15)(H,11,12,13). The second-order valence-electron chi connectivity index (χ2n) is 3.32. The lowest BCUT2D eigenvalue weighted by atomic mass is 10.3. The first-order valence-electron chi connectivity index (χ1n) is 4.89. The van der Waals surface area contributed by atoms with Gasteiger partial charge >= 0.3 is 11.9 Å². The summed E-state index contributed by atoms with van der Waals surface area (Å²) in [6.45, 7) is 0. The number of esters is 1. The van der Waals surface area contributed by atoms with Gasteiger partial charge < -0.3 is 9.84 Å². The van der Waals surface area contributed by atoms with Gasteiger partial charge in [-0.3, -0.25) is 9.59 Å². The minimum atomic E-state index is -1.04. The molecule has 0 bridgehead atoms. The number of rotatable bonds is 4. The predicted molar refractivity (Wildman–Crippen MR) is 56.4 cm³/mol. The van der Waals surface area contributed by atoms with Crippen LogP contribution in [-0.4, -0.2) is 32.5 Å². The van der Waals surface area contributed by atoms with Crippen molar-refractivity contribution in [3.63, 3.8) is 0 Å². The van der Waals surface area contributed by atoms with Gasteiger partial charge in [0.05, 0.1) is 12.8 Å². The summed E-state index contributed by atoms with van der Waals surface area (Å²) in [4.78, 5) is 21.6. The van der Waals surface area contributed by atoms with Crippen LogP contribution in [0.2, 0.25) is 0 Å². The number of ether oxygens (including phenoxy) is 1. The fraction of sp³-hybridized carbons (Fsp3) is 0.200. The van der Waals surface area contributed by atoms with E-state index in [4.69, 9.17) is 9.84 Å². The van der Waals surface area contributed by atoms with E-state index >= 15 is 0 Å². The van der Waals surface area contributed by atoms with Crippen molar-refractivity contribution in [2.75, 3.05) is 0 Å². The molecule has 0 aliphatic rings. The zero-order valence-electron chi connectivity index (χ0n) is 8.71. The van der Waals surface area contributed by atoms with Gasteiger partial charge in [0.1, 0.15) is 5.52 Å². The Kier molecular flexibility index (Phi) is 2.99. The van der Waals surface area contributed by atoms with Gasteiger partial charge in [-0.15, -0.1) is 0 Å². The van der Waals surface area contributed by atoms with Crippen LogP contribution in [0.3, 0.4) is 0 Å². The Balaban J connectivity index is 2.10. The molecule has 1 aromatic carbocycles. The van der Waals surface area contributed by atoms with Gasteiger partial charge in [0.2, 0.25) is 0 Å². The van der Waals surface area contributed by atoms with Crippen molar-refractivity contribution < 1.29 is 19.4 Å². The molecule has 17 heavy (non-hydrogen) atoms. The summed E-state index contributed by atoms with van der Waals surface area (Å²) in [6.07, 6.45) is -0.433. The molecule has 0 spiro atoms. The number of fused-ring (bicyclic) bond motifs is 1. The number of carboxylic acids is 1. The Bertz CT molecular complexity index is 563. The van der Waals surface area contributed by atoms with Crippen LogP contribution in [0.4, 0.5) is 0 Å². The lowest BCUT2D eigenvalue weighted by molar-refractivity contribution is -0.142. The molecule has 1 heterocycles. The van der Waals surface area contributed by atoms with E-state index in [9.17, 15) is 9.59 Å². The lowest BCUT2D eigenvalue weighted by Crippen LogP contribution is -2.10. The summed E-state index contributed by atoms with van der Waals surface area (Å²) in [5.74, 6) is -1.38. The van der Waals surface area contributed by atoms with Crippen molar-refractivity contribution >= 4 is 23.0 Å². The molecule has 0 aliphatic carbocycles. The van der Waals surface area contributed by atoms with Crippen LogP contribution in [0.25, 0.3) is 11.0 Å². The molecule has 1 aromatic heterocycles. The molecule has 0 unspecified atom stereocenters. The number of benzene rings is 1. The van der Waals surface area contributed by atoms with Crippen LogP contribution in [0.1, 0.15) is 12.8 Å². The van der Waals surface area contributed by atoms with Gasteiger partial charge in [-0.05, 0) is 12.1 Å². The van der Waals surface area contributed by atoms with Crippen LogP contribution < -0.4 is 4.74 Å². The monoisotopic (exact) mass is 235 g/mol. The van der Waals surface area contributed by atoms with Crippen molar-refractivity contribution in [1.82, 2.24) is 15.4 Å². The highest BCUT2D eigenvalue weighted by Gasteiger charge is 2.11. The largest absolute Gasteiger partial charge is 0.481 e. The van der Waals surface area contributed by atoms with Gasteiger partial charge in [-0.2, -0.15) is 15.4 Å². The molecule has 0 saturated carbocycles. The molecule has 0 fully saturated rings.